The van der Waals surface area contributed by atoms with E-state index in [4.69, 9.17) is 45.7 Å². The minimum absolute atomic E-state index is 0.274. The Morgan fingerprint density at radius 3 is 1.38 bits per heavy atom. The van der Waals surface area contributed by atoms with Crippen molar-refractivity contribution in [1.29, 1.82) is 0 Å². The van der Waals surface area contributed by atoms with Crippen LogP contribution >= 0.6 is 34.8 Å². The van der Waals surface area contributed by atoms with Crippen LogP contribution < -0.4 is 15.9 Å². The van der Waals surface area contributed by atoms with E-state index in [2.05, 4.69) is 40.0 Å². The Hall–Kier alpha value is -4.86. The largest absolute Gasteiger partial charge is 0.569 e. The number of nitrogens with two attached hydrogens (primary N) is 1. The van der Waals surface area contributed by atoms with E-state index in [-0.39, 0.29) is 17.5 Å². The molecule has 3 heterocycles. The molecule has 6 aromatic rings. The molecule has 239 valence electrons. The van der Waals surface area contributed by atoms with Crippen LogP contribution in [-0.4, -0.2) is 42.6 Å². The zero-order valence-electron chi connectivity index (χ0n) is 23.9. The molecule has 47 heavy (non-hydrogen) atoms. The van der Waals surface area contributed by atoms with E-state index in [9.17, 15) is 13.2 Å². The zero-order chi connectivity index (χ0) is 34.0. The highest BCUT2D eigenvalue weighted by molar-refractivity contribution is 6.32. The second-order valence-electron chi connectivity index (χ2n) is 8.52. The first-order chi connectivity index (χ1) is 22.7. The predicted octanol–water partition coefficient (Wildman–Crippen LogP) is 7.02. The maximum atomic E-state index is 12.7. The van der Waals surface area contributed by atoms with Crippen molar-refractivity contribution in [2.45, 2.75) is 0 Å². The molecule has 6 rings (SSSR count). The summed E-state index contributed by atoms with van der Waals surface area (Å²) in [5, 5.41) is 9.11. The van der Waals surface area contributed by atoms with Gasteiger partial charge < -0.3 is 15.1 Å². The Labute approximate surface area is 282 Å². The van der Waals surface area contributed by atoms with Gasteiger partial charge in [-0.1, -0.05) is 34.8 Å². The van der Waals surface area contributed by atoms with Crippen LogP contribution in [0.15, 0.2) is 110 Å². The lowest BCUT2D eigenvalue weighted by molar-refractivity contribution is 0.453. The lowest BCUT2D eigenvalue weighted by Gasteiger charge is -2.02. The molecule has 0 amide bonds. The summed E-state index contributed by atoms with van der Waals surface area (Å²) in [7, 11) is 0.549. The first kappa shape index (κ1) is 36.6. The lowest BCUT2D eigenvalue weighted by atomic mass is 10.1. The van der Waals surface area contributed by atoms with Crippen molar-refractivity contribution in [3.63, 3.8) is 0 Å². The van der Waals surface area contributed by atoms with E-state index in [1.807, 2.05) is 0 Å². The smallest absolute Gasteiger partial charge is 0.537 e. The van der Waals surface area contributed by atoms with Gasteiger partial charge in [-0.05, 0) is 72.8 Å². The van der Waals surface area contributed by atoms with Gasteiger partial charge in [-0.3, -0.25) is 15.0 Å². The van der Waals surface area contributed by atoms with Gasteiger partial charge >= 0.3 is 7.69 Å². The Morgan fingerprint density at radius 2 is 0.979 bits per heavy atom. The number of rotatable bonds is 5. The molecule has 0 saturated heterocycles. The van der Waals surface area contributed by atoms with E-state index >= 15 is 0 Å². The molecule has 0 aliphatic rings. The van der Waals surface area contributed by atoms with Gasteiger partial charge in [0.25, 0.3) is 0 Å². The number of nitrogens with one attached hydrogen (secondary N) is 1. The highest BCUT2D eigenvalue weighted by atomic mass is 35.5. The van der Waals surface area contributed by atoms with Crippen LogP contribution in [0.1, 0.15) is 0 Å². The van der Waals surface area contributed by atoms with Gasteiger partial charge in [-0.2, -0.15) is 0 Å². The first-order valence-corrected chi connectivity index (χ1v) is 14.1. The first-order valence-electron chi connectivity index (χ1n) is 13.0. The van der Waals surface area contributed by atoms with Crippen LogP contribution in [0, 0.1) is 17.5 Å². The van der Waals surface area contributed by atoms with Crippen molar-refractivity contribution in [3.05, 3.63) is 143 Å². The van der Waals surface area contributed by atoms with E-state index in [0.717, 1.165) is 11.1 Å². The monoisotopic (exact) mass is 699 g/mol. The summed E-state index contributed by atoms with van der Waals surface area (Å²) < 4.78 is 42.0. The third-order valence-electron chi connectivity index (χ3n) is 5.25. The molecule has 0 spiro atoms. The van der Waals surface area contributed by atoms with Crippen LogP contribution in [-0.2, 0) is 0 Å². The summed E-state index contributed by atoms with van der Waals surface area (Å²) in [6.45, 7) is 0. The number of hydrogen-bond donors (Lipinski definition) is 3. The SMILES string of the molecule is Clc1cncc(Cl)n1.Fc1ccc(-c2cncc(Cl)n2)cc1.NNc1cncc(-c2ccc(F)cc2)n1.O[B]Oc1ccc(F)cc1. The van der Waals surface area contributed by atoms with Crippen molar-refractivity contribution in [3.8, 4) is 28.3 Å². The summed E-state index contributed by atoms with van der Waals surface area (Å²) in [6, 6.07) is 17.4. The molecule has 0 unspecified atom stereocenters. The fourth-order valence-electron chi connectivity index (χ4n) is 3.19. The molecule has 0 aliphatic heterocycles. The van der Waals surface area contributed by atoms with Crippen molar-refractivity contribution in [1.82, 2.24) is 29.9 Å². The van der Waals surface area contributed by atoms with Gasteiger partial charge in [0.15, 0.2) is 5.82 Å². The summed E-state index contributed by atoms with van der Waals surface area (Å²) in [5.41, 5.74) is 5.27. The lowest BCUT2D eigenvalue weighted by Crippen LogP contribution is -2.09. The highest BCUT2D eigenvalue weighted by Gasteiger charge is 2.02. The molecule has 1 radical (unpaired) electrons. The van der Waals surface area contributed by atoms with E-state index in [1.165, 1.54) is 73.3 Å². The average molecular weight is 701 g/mol. The topological polar surface area (TPSA) is 145 Å². The Balaban J connectivity index is 0.000000175. The second kappa shape index (κ2) is 19.6. The number of nitrogen functional groups attached to an aromatic ring is 1. The van der Waals surface area contributed by atoms with Crippen LogP contribution in [0.2, 0.25) is 15.5 Å². The number of halogens is 6. The number of nitrogens with zero attached hydrogens (tertiary/aromatic N) is 6. The minimum Gasteiger partial charge on any atom is -0.537 e. The maximum absolute atomic E-state index is 12.7. The number of benzene rings is 3. The summed E-state index contributed by atoms with van der Waals surface area (Å²) in [5.74, 6) is 5.20. The fraction of sp³-hybridized carbons (Fsp3) is 0. The normalized spacial score (nSPS) is 9.70. The van der Waals surface area contributed by atoms with Gasteiger partial charge in [0, 0.05) is 11.1 Å². The van der Waals surface area contributed by atoms with E-state index in [1.54, 1.807) is 36.7 Å². The average Bonchev–Trinajstić information content (AvgIpc) is 3.07. The summed E-state index contributed by atoms with van der Waals surface area (Å²) in [4.78, 5) is 23.4. The predicted molar refractivity (Wildman–Crippen MR) is 175 cm³/mol. The fourth-order valence-corrected chi connectivity index (χ4v) is 3.68. The molecular formula is C30H22BCl3F3N8O2. The molecule has 10 nitrogen and oxygen atoms in total. The van der Waals surface area contributed by atoms with Crippen LogP contribution in [0.4, 0.5) is 19.0 Å². The summed E-state index contributed by atoms with van der Waals surface area (Å²) >= 11 is 16.5. The third kappa shape index (κ3) is 13.6. The molecule has 4 N–H and O–H groups in total. The standard InChI is InChI=1S/C10H6ClFN2.C10H9FN4.C6H5BFO2.C4H2Cl2N2/c11-10-6-13-5-9(14-10)7-1-3-8(12)4-2-7;11-8-3-1-7(2-4-8)9-5-13-6-10(14-9)15-12;8-5-1-3-6(4-2-5)10-7-9;5-3-1-7-2-4(6)8-3/h1-6H;1-6H,12H2,(H,14,15);1-4,9H;1-2H. The number of aromatic nitrogens is 6. The Bertz CT molecular complexity index is 1800. The molecule has 0 bridgehead atoms. The number of hydrogen-bond acceptors (Lipinski definition) is 10. The molecule has 3 aromatic heterocycles. The van der Waals surface area contributed by atoms with Crippen LogP contribution in [0.3, 0.4) is 0 Å². The molecule has 0 fully saturated rings. The van der Waals surface area contributed by atoms with Gasteiger partial charge in [0.2, 0.25) is 0 Å². The van der Waals surface area contributed by atoms with Crippen molar-refractivity contribution >= 4 is 48.3 Å². The van der Waals surface area contributed by atoms with Gasteiger partial charge in [-0.25, -0.2) is 34.0 Å². The molecule has 0 saturated carbocycles. The van der Waals surface area contributed by atoms with Gasteiger partial charge in [0.1, 0.15) is 38.7 Å². The van der Waals surface area contributed by atoms with Gasteiger partial charge in [0.05, 0.1) is 48.6 Å². The van der Waals surface area contributed by atoms with E-state index in [0.29, 0.717) is 46.1 Å². The van der Waals surface area contributed by atoms with Gasteiger partial charge in [-0.15, -0.1) is 0 Å². The van der Waals surface area contributed by atoms with E-state index < -0.39 is 0 Å². The highest BCUT2D eigenvalue weighted by Crippen LogP contribution is 2.19. The zero-order valence-corrected chi connectivity index (χ0v) is 26.1. The molecule has 3 aromatic carbocycles. The summed E-state index contributed by atoms with van der Waals surface area (Å²) in [6.07, 6.45) is 8.98. The van der Waals surface area contributed by atoms with Crippen molar-refractivity contribution in [2.75, 3.05) is 5.43 Å². The maximum Gasteiger partial charge on any atom is 0.569 e. The minimum atomic E-state index is -0.328. The molecule has 17 heteroatoms. The molecular weight excluding hydrogens is 679 g/mol. The van der Waals surface area contributed by atoms with Crippen molar-refractivity contribution < 1.29 is 22.8 Å². The second-order valence-corrected chi connectivity index (χ2v) is 9.68. The molecule has 0 atom stereocenters. The van der Waals surface area contributed by atoms with Crippen LogP contribution in [0.25, 0.3) is 22.5 Å². The van der Waals surface area contributed by atoms with Crippen LogP contribution in [0.5, 0.6) is 5.75 Å². The number of hydrazine groups is 1. The quantitative estimate of drug-likeness (QED) is 0.0975. The third-order valence-corrected chi connectivity index (χ3v) is 5.79. The number of anilines is 1. The Kier molecular flexibility index (Phi) is 15.3. The Morgan fingerprint density at radius 1 is 0.574 bits per heavy atom. The molecule has 0 aliphatic carbocycles. The van der Waals surface area contributed by atoms with Crippen molar-refractivity contribution in [2.24, 2.45) is 5.84 Å².